The van der Waals surface area contributed by atoms with Crippen molar-refractivity contribution in [3.8, 4) is 0 Å². The molecule has 26 heavy (non-hydrogen) atoms. The van der Waals surface area contributed by atoms with E-state index in [9.17, 15) is 24.9 Å². The summed E-state index contributed by atoms with van der Waals surface area (Å²) in [5.74, 6) is -3.56. The van der Waals surface area contributed by atoms with E-state index in [0.29, 0.717) is 13.0 Å². The molecule has 0 amide bonds. The zero-order valence-corrected chi connectivity index (χ0v) is 15.3. The number of aliphatic hydroxyl groups excluding tert-OH is 1. The normalized spacial score (nSPS) is 44.5. The quantitative estimate of drug-likeness (QED) is 0.407. The Morgan fingerprint density at radius 2 is 1.92 bits per heavy atom. The number of hydrogen-bond donors (Lipinski definition) is 3. The molecule has 0 bridgehead atoms. The molecule has 0 aliphatic carbocycles. The predicted octanol–water partition coefficient (Wildman–Crippen LogP) is -0.784. The van der Waals surface area contributed by atoms with Crippen LogP contribution in [0.25, 0.3) is 0 Å². The van der Waals surface area contributed by atoms with Gasteiger partial charge in [0, 0.05) is 24.9 Å². The van der Waals surface area contributed by atoms with Crippen molar-refractivity contribution >= 4 is 11.9 Å². The molecule has 0 aromatic rings. The Hall–Kier alpha value is -1.48. The van der Waals surface area contributed by atoms with Crippen molar-refractivity contribution in [2.24, 2.45) is 11.8 Å². The summed E-state index contributed by atoms with van der Waals surface area (Å²) in [6.07, 6.45) is 2.06. The minimum atomic E-state index is -2.22. The van der Waals surface area contributed by atoms with Crippen molar-refractivity contribution < 1.29 is 34.4 Å². The number of cyclic esters (lactones) is 1. The second-order valence-electron chi connectivity index (χ2n) is 7.83. The van der Waals surface area contributed by atoms with Crippen LogP contribution in [0.4, 0.5) is 0 Å². The number of carbonyl (C=O) groups is 2. The zero-order valence-electron chi connectivity index (χ0n) is 15.3. The van der Waals surface area contributed by atoms with Gasteiger partial charge in [-0.25, -0.2) is 9.59 Å². The summed E-state index contributed by atoms with van der Waals surface area (Å²) in [6.45, 7) is 4.86. The third-order valence-corrected chi connectivity index (χ3v) is 6.44. The van der Waals surface area contributed by atoms with Crippen molar-refractivity contribution in [3.63, 3.8) is 0 Å². The molecule has 0 radical (unpaired) electrons. The third kappa shape index (κ3) is 2.85. The molecule has 0 saturated carbocycles. The van der Waals surface area contributed by atoms with Crippen molar-refractivity contribution in [1.82, 2.24) is 4.90 Å². The number of nitrogens with zero attached hydrogens (tertiary/aromatic N) is 1. The van der Waals surface area contributed by atoms with Crippen LogP contribution < -0.4 is 0 Å². The molecule has 2 saturated heterocycles. The van der Waals surface area contributed by atoms with Gasteiger partial charge in [-0.3, -0.25) is 4.90 Å². The molecule has 3 heterocycles. The van der Waals surface area contributed by atoms with E-state index in [1.165, 1.54) is 20.8 Å². The number of carbonyl (C=O) groups excluding carboxylic acids is 2. The Bertz CT molecular complexity index is 631. The molecule has 8 heteroatoms. The summed E-state index contributed by atoms with van der Waals surface area (Å²) in [5.41, 5.74) is -3.34. The van der Waals surface area contributed by atoms with Gasteiger partial charge in [-0.05, 0) is 18.9 Å². The molecule has 146 valence electrons. The van der Waals surface area contributed by atoms with Crippen LogP contribution in [0.2, 0.25) is 0 Å². The summed E-state index contributed by atoms with van der Waals surface area (Å²) in [4.78, 5) is 27.3. The van der Waals surface area contributed by atoms with Crippen LogP contribution in [0.15, 0.2) is 11.6 Å². The van der Waals surface area contributed by atoms with Crippen LogP contribution in [-0.2, 0) is 19.1 Å². The topological polar surface area (TPSA) is 117 Å². The largest absolute Gasteiger partial charge is 0.459 e. The van der Waals surface area contributed by atoms with Crippen LogP contribution >= 0.6 is 0 Å². The van der Waals surface area contributed by atoms with Gasteiger partial charge in [0.05, 0.1) is 12.6 Å². The number of esters is 2. The van der Waals surface area contributed by atoms with Crippen LogP contribution in [0.1, 0.15) is 27.2 Å². The van der Waals surface area contributed by atoms with E-state index in [-0.39, 0.29) is 12.6 Å². The molecule has 6 atom stereocenters. The lowest BCUT2D eigenvalue weighted by Gasteiger charge is -2.40. The molecule has 3 N–H and O–H groups in total. The fourth-order valence-corrected chi connectivity index (χ4v) is 4.14. The van der Waals surface area contributed by atoms with Crippen LogP contribution in [0.5, 0.6) is 0 Å². The molecular weight excluding hydrogens is 342 g/mol. The number of ether oxygens (including phenoxy) is 2. The fraction of sp³-hybridized carbons (Fsp3) is 0.778. The van der Waals surface area contributed by atoms with Crippen LogP contribution in [0, 0.1) is 11.8 Å². The highest BCUT2D eigenvalue weighted by molar-refractivity contribution is 5.82. The standard InChI is InChI=1S/C18H27NO7/c1-10-11(2)18(24,9-20)16(22)26-13-5-7-19-6-4-12(14(13)19)8-25-15(21)17(10,3)23/h4,10-11,13-14,20,23-24H,5-9H2,1-3H3. The molecule has 0 spiro atoms. The highest BCUT2D eigenvalue weighted by atomic mass is 16.6. The van der Waals surface area contributed by atoms with Gasteiger partial charge in [0.1, 0.15) is 12.7 Å². The lowest BCUT2D eigenvalue weighted by Crippen LogP contribution is -2.58. The summed E-state index contributed by atoms with van der Waals surface area (Å²) < 4.78 is 10.9. The second kappa shape index (κ2) is 6.60. The molecular formula is C18H27NO7. The minimum absolute atomic E-state index is 0.0234. The number of aliphatic hydroxyl groups is 3. The Morgan fingerprint density at radius 1 is 1.23 bits per heavy atom. The lowest BCUT2D eigenvalue weighted by molar-refractivity contribution is -0.196. The zero-order chi connectivity index (χ0) is 19.3. The average molecular weight is 369 g/mol. The SMILES string of the molecule is CC1C(C)C(O)(CO)C(=O)OC2CCN3CC=C(COC(=O)C1(C)O)C23. The van der Waals surface area contributed by atoms with Gasteiger partial charge in [-0.1, -0.05) is 19.9 Å². The Morgan fingerprint density at radius 3 is 2.58 bits per heavy atom. The summed E-state index contributed by atoms with van der Waals surface area (Å²) >= 11 is 0. The Balaban J connectivity index is 1.99. The first-order valence-electron chi connectivity index (χ1n) is 8.99. The highest BCUT2D eigenvalue weighted by Gasteiger charge is 2.54. The minimum Gasteiger partial charge on any atom is -0.459 e. The monoisotopic (exact) mass is 369 g/mol. The molecule has 3 aliphatic heterocycles. The molecule has 3 rings (SSSR count). The van der Waals surface area contributed by atoms with Gasteiger partial charge in [0.15, 0.2) is 11.2 Å². The highest BCUT2D eigenvalue weighted by Crippen LogP contribution is 2.37. The Kier molecular flexibility index (Phi) is 4.89. The van der Waals surface area contributed by atoms with Crippen molar-refractivity contribution in [3.05, 3.63) is 11.6 Å². The lowest BCUT2D eigenvalue weighted by atomic mass is 9.73. The van der Waals surface area contributed by atoms with Gasteiger partial charge in [-0.15, -0.1) is 0 Å². The van der Waals surface area contributed by atoms with E-state index in [1.54, 1.807) is 0 Å². The number of hydrogen-bond acceptors (Lipinski definition) is 8. The van der Waals surface area contributed by atoms with Crippen molar-refractivity contribution in [2.75, 3.05) is 26.3 Å². The van der Waals surface area contributed by atoms with E-state index in [4.69, 9.17) is 9.47 Å². The first-order chi connectivity index (χ1) is 12.1. The van der Waals surface area contributed by atoms with Crippen LogP contribution in [-0.4, -0.2) is 81.8 Å². The summed E-state index contributed by atoms with van der Waals surface area (Å²) in [7, 11) is 0. The fourth-order valence-electron chi connectivity index (χ4n) is 4.14. The van der Waals surface area contributed by atoms with Gasteiger partial charge in [-0.2, -0.15) is 0 Å². The maximum absolute atomic E-state index is 12.7. The van der Waals surface area contributed by atoms with E-state index >= 15 is 0 Å². The molecule has 8 nitrogen and oxygen atoms in total. The molecule has 2 fully saturated rings. The van der Waals surface area contributed by atoms with Crippen molar-refractivity contribution in [2.45, 2.75) is 50.5 Å². The molecule has 6 unspecified atom stereocenters. The maximum atomic E-state index is 12.7. The van der Waals surface area contributed by atoms with Gasteiger partial charge < -0.3 is 24.8 Å². The van der Waals surface area contributed by atoms with Crippen LogP contribution in [0.3, 0.4) is 0 Å². The van der Waals surface area contributed by atoms with E-state index in [2.05, 4.69) is 4.90 Å². The third-order valence-electron chi connectivity index (χ3n) is 6.44. The second-order valence-corrected chi connectivity index (χ2v) is 7.83. The summed E-state index contributed by atoms with van der Waals surface area (Å²) in [5, 5.41) is 31.3. The first-order valence-corrected chi connectivity index (χ1v) is 8.99. The smallest absolute Gasteiger partial charge is 0.341 e. The predicted molar refractivity (Wildman–Crippen MR) is 89.9 cm³/mol. The van der Waals surface area contributed by atoms with Gasteiger partial charge >= 0.3 is 11.9 Å². The molecule has 0 aromatic heterocycles. The molecule has 0 aromatic carbocycles. The molecule has 3 aliphatic rings. The van der Waals surface area contributed by atoms with Gasteiger partial charge in [0.25, 0.3) is 0 Å². The van der Waals surface area contributed by atoms with E-state index in [0.717, 1.165) is 12.1 Å². The summed E-state index contributed by atoms with van der Waals surface area (Å²) in [6, 6.07) is -0.216. The van der Waals surface area contributed by atoms with Gasteiger partial charge in [0.2, 0.25) is 0 Å². The Labute approximate surface area is 152 Å². The number of rotatable bonds is 1. The average Bonchev–Trinajstić information content (AvgIpc) is 3.19. The van der Waals surface area contributed by atoms with E-state index < -0.39 is 47.7 Å². The van der Waals surface area contributed by atoms with Crippen molar-refractivity contribution in [1.29, 1.82) is 0 Å². The van der Waals surface area contributed by atoms with E-state index in [1.807, 2.05) is 6.08 Å². The first kappa shape index (κ1) is 19.3. The maximum Gasteiger partial charge on any atom is 0.341 e.